The van der Waals surface area contributed by atoms with Gasteiger partial charge in [0.15, 0.2) is 23.7 Å². The van der Waals surface area contributed by atoms with Crippen molar-refractivity contribution in [2.45, 2.75) is 116 Å². The lowest BCUT2D eigenvalue weighted by atomic mass is 9.75. The molecule has 1 aromatic rings. The van der Waals surface area contributed by atoms with Gasteiger partial charge in [-0.1, -0.05) is 47.6 Å². The Kier molecular flexibility index (Phi) is 10.5. The first kappa shape index (κ1) is 31.7. The number of ether oxygens (including phenoxy) is 5. The average molecular weight is 580 g/mol. The van der Waals surface area contributed by atoms with Crippen LogP contribution in [-0.4, -0.2) is 64.1 Å². The summed E-state index contributed by atoms with van der Waals surface area (Å²) >= 11 is 0. The summed E-state index contributed by atoms with van der Waals surface area (Å²) in [7, 11) is -2.48. The summed E-state index contributed by atoms with van der Waals surface area (Å²) in [4.78, 5) is 37.6. The van der Waals surface area contributed by atoms with Crippen LogP contribution in [0, 0.1) is 0 Å². The molecule has 0 spiro atoms. The minimum Gasteiger partial charge on any atom is -0.456 e. The van der Waals surface area contributed by atoms with Gasteiger partial charge in [0.25, 0.3) is 0 Å². The monoisotopic (exact) mass is 579 g/mol. The molecule has 0 aromatic heterocycles. The van der Waals surface area contributed by atoms with E-state index in [-0.39, 0.29) is 30.0 Å². The Hall–Kier alpha value is -2.79. The largest absolute Gasteiger partial charge is 0.456 e. The van der Waals surface area contributed by atoms with Crippen molar-refractivity contribution in [3.05, 3.63) is 23.8 Å². The Morgan fingerprint density at radius 1 is 0.925 bits per heavy atom. The highest BCUT2D eigenvalue weighted by Gasteiger charge is 2.55. The van der Waals surface area contributed by atoms with E-state index in [2.05, 4.69) is 46.9 Å². The van der Waals surface area contributed by atoms with Crippen molar-refractivity contribution in [3.63, 3.8) is 0 Å². The second-order valence-corrected chi connectivity index (χ2v) is 16.9. The molecule has 1 aliphatic carbocycles. The van der Waals surface area contributed by atoms with E-state index in [0.717, 1.165) is 5.56 Å². The standard InChI is InChI=1S/C29H45NO9Si/c1-10-34-29(33)30-26-22(21-11-12-23-24(13-21)36-15-35-23)14-25(27(37-19(8)31)28(26)38-20(9)32)39-40(16(2)3,17(4)5)18(6)7/h11-13,16-18,22,25-28H,10,14-15H2,1-9H3,(H,30,33)/t22-,25+,26-,27-,28+/m1/s1. The number of carbonyl (C=O) groups is 3. The van der Waals surface area contributed by atoms with Crippen molar-refractivity contribution < 1.29 is 42.5 Å². The van der Waals surface area contributed by atoms with Gasteiger partial charge in [-0.2, -0.15) is 0 Å². The van der Waals surface area contributed by atoms with Crippen molar-refractivity contribution in [3.8, 4) is 11.5 Å². The van der Waals surface area contributed by atoms with Crippen LogP contribution in [0.2, 0.25) is 16.6 Å². The number of rotatable bonds is 10. The van der Waals surface area contributed by atoms with Gasteiger partial charge in [-0.25, -0.2) is 4.79 Å². The van der Waals surface area contributed by atoms with Gasteiger partial charge in [-0.05, 0) is 47.7 Å². The van der Waals surface area contributed by atoms with Crippen LogP contribution in [0.25, 0.3) is 0 Å². The molecule has 0 saturated heterocycles. The maximum Gasteiger partial charge on any atom is 0.407 e. The van der Waals surface area contributed by atoms with Crippen LogP contribution < -0.4 is 14.8 Å². The molecule has 0 bridgehead atoms. The number of benzene rings is 1. The first-order valence-electron chi connectivity index (χ1n) is 14.2. The normalized spacial score (nSPS) is 24.2. The molecule has 3 rings (SSSR count). The molecule has 10 nitrogen and oxygen atoms in total. The van der Waals surface area contributed by atoms with Crippen molar-refractivity contribution >= 4 is 26.3 Å². The lowest BCUT2D eigenvalue weighted by molar-refractivity contribution is -0.184. The quantitative estimate of drug-likeness (QED) is 0.219. The molecule has 1 amide bonds. The van der Waals surface area contributed by atoms with Crippen LogP contribution >= 0.6 is 0 Å². The Labute approximate surface area is 238 Å². The van der Waals surface area contributed by atoms with Crippen LogP contribution in [0.5, 0.6) is 11.5 Å². The molecular weight excluding hydrogens is 534 g/mol. The lowest BCUT2D eigenvalue weighted by Crippen LogP contribution is -2.64. The number of fused-ring (bicyclic) bond motifs is 1. The Bertz CT molecular complexity index is 1040. The van der Waals surface area contributed by atoms with Gasteiger partial charge in [0.05, 0.1) is 18.8 Å². The highest BCUT2D eigenvalue weighted by molar-refractivity contribution is 6.77. The molecule has 1 fully saturated rings. The topological polar surface area (TPSA) is 119 Å². The van der Waals surface area contributed by atoms with Gasteiger partial charge in [0, 0.05) is 19.8 Å². The van der Waals surface area contributed by atoms with Crippen molar-refractivity contribution in [1.82, 2.24) is 5.32 Å². The van der Waals surface area contributed by atoms with Crippen LogP contribution in [0.4, 0.5) is 4.79 Å². The second kappa shape index (κ2) is 13.2. The SMILES string of the molecule is CCOC(=O)N[C@H]1[C@H](OC(C)=O)[C@H](OC(C)=O)[C@@H](O[Si](C(C)C)(C(C)C)C(C)C)C[C@@H]1c1ccc2c(c1)OCO2. The summed E-state index contributed by atoms with van der Waals surface area (Å²) < 4.78 is 35.3. The summed E-state index contributed by atoms with van der Waals surface area (Å²) in [6.45, 7) is 17.7. The third kappa shape index (κ3) is 6.74. The molecule has 11 heteroatoms. The van der Waals surface area contributed by atoms with Crippen molar-refractivity contribution in [2.75, 3.05) is 13.4 Å². The third-order valence-corrected chi connectivity index (χ3v) is 14.1. The van der Waals surface area contributed by atoms with Crippen LogP contribution in [0.15, 0.2) is 18.2 Å². The molecule has 0 radical (unpaired) electrons. The summed E-state index contributed by atoms with van der Waals surface area (Å²) in [5.41, 5.74) is 1.62. The van der Waals surface area contributed by atoms with Gasteiger partial charge < -0.3 is 33.4 Å². The molecule has 5 atom stereocenters. The highest BCUT2D eigenvalue weighted by atomic mass is 28.4. The summed E-state index contributed by atoms with van der Waals surface area (Å²) in [5.74, 6) is -0.270. The minimum absolute atomic E-state index is 0.121. The summed E-state index contributed by atoms with van der Waals surface area (Å²) in [6, 6.07) is 4.83. The van der Waals surface area contributed by atoms with Gasteiger partial charge in [0.2, 0.25) is 15.1 Å². The van der Waals surface area contributed by atoms with E-state index in [1.165, 1.54) is 13.8 Å². The zero-order valence-corrected chi connectivity index (χ0v) is 26.1. The van der Waals surface area contributed by atoms with Gasteiger partial charge in [0.1, 0.15) is 0 Å². The smallest absolute Gasteiger partial charge is 0.407 e. The van der Waals surface area contributed by atoms with E-state index in [9.17, 15) is 14.4 Å². The summed E-state index contributed by atoms with van der Waals surface area (Å²) in [6.07, 6.45) is -2.83. The second-order valence-electron chi connectivity index (χ2n) is 11.5. The van der Waals surface area contributed by atoms with Crippen molar-refractivity contribution in [1.29, 1.82) is 0 Å². The molecular formula is C29H45NO9Si. The fraction of sp³-hybridized carbons (Fsp3) is 0.690. The van der Waals surface area contributed by atoms with E-state index in [1.807, 2.05) is 18.2 Å². The zero-order chi connectivity index (χ0) is 29.8. The zero-order valence-electron chi connectivity index (χ0n) is 25.1. The molecule has 1 N–H and O–H groups in total. The van der Waals surface area contributed by atoms with E-state index in [0.29, 0.717) is 17.9 Å². The van der Waals surface area contributed by atoms with E-state index in [1.54, 1.807) is 6.92 Å². The molecule has 1 saturated carbocycles. The van der Waals surface area contributed by atoms with Crippen LogP contribution in [-0.2, 0) is 28.2 Å². The fourth-order valence-corrected chi connectivity index (χ4v) is 12.2. The van der Waals surface area contributed by atoms with Crippen LogP contribution in [0.1, 0.15) is 80.2 Å². The van der Waals surface area contributed by atoms with Crippen molar-refractivity contribution in [2.24, 2.45) is 0 Å². The Balaban J connectivity index is 2.18. The molecule has 1 aliphatic heterocycles. The van der Waals surface area contributed by atoms with Gasteiger partial charge >= 0.3 is 18.0 Å². The van der Waals surface area contributed by atoms with Gasteiger partial charge in [-0.3, -0.25) is 9.59 Å². The number of amides is 1. The maximum atomic E-state index is 12.8. The molecule has 1 aromatic carbocycles. The fourth-order valence-electron chi connectivity index (χ4n) is 6.61. The Morgan fingerprint density at radius 2 is 1.50 bits per heavy atom. The maximum absolute atomic E-state index is 12.8. The van der Waals surface area contributed by atoms with Gasteiger partial charge in [-0.15, -0.1) is 0 Å². The number of hydrogen-bond acceptors (Lipinski definition) is 9. The predicted octanol–water partition coefficient (Wildman–Crippen LogP) is 5.44. The number of hydrogen-bond donors (Lipinski definition) is 1. The Morgan fingerprint density at radius 3 is 2.05 bits per heavy atom. The first-order valence-corrected chi connectivity index (χ1v) is 16.3. The number of carbonyl (C=O) groups excluding carboxylic acids is 3. The highest BCUT2D eigenvalue weighted by Crippen LogP contribution is 2.48. The molecule has 2 aliphatic rings. The van der Waals surface area contributed by atoms with E-state index in [4.69, 9.17) is 28.1 Å². The number of nitrogens with one attached hydrogen (secondary N) is 1. The average Bonchev–Trinajstić information content (AvgIpc) is 3.32. The van der Waals surface area contributed by atoms with Crippen LogP contribution in [0.3, 0.4) is 0 Å². The third-order valence-electron chi connectivity index (χ3n) is 8.02. The minimum atomic E-state index is -2.48. The first-order chi connectivity index (χ1) is 18.8. The van der Waals surface area contributed by atoms with E-state index >= 15 is 0 Å². The number of esters is 2. The predicted molar refractivity (Wildman–Crippen MR) is 151 cm³/mol. The molecule has 1 heterocycles. The summed E-state index contributed by atoms with van der Waals surface area (Å²) in [5, 5.41) is 2.90. The van der Waals surface area contributed by atoms with E-state index < -0.39 is 56.6 Å². The number of alkyl carbamates (subject to hydrolysis) is 1. The molecule has 40 heavy (non-hydrogen) atoms. The lowest BCUT2D eigenvalue weighted by Gasteiger charge is -2.51. The molecule has 0 unspecified atom stereocenters. The molecule has 224 valence electrons.